The molecule has 0 saturated carbocycles. The fourth-order valence-corrected chi connectivity index (χ4v) is 4.48. The molecule has 3 aromatic rings. The van der Waals surface area contributed by atoms with Crippen molar-refractivity contribution in [1.82, 2.24) is 9.55 Å². The van der Waals surface area contributed by atoms with Gasteiger partial charge in [-0.3, -0.25) is 9.36 Å². The van der Waals surface area contributed by atoms with Gasteiger partial charge >= 0.3 is 0 Å². The van der Waals surface area contributed by atoms with Crippen LogP contribution in [-0.2, 0) is 6.54 Å². The molecule has 122 valence electrons. The molecule has 6 heteroatoms. The molecule has 0 atom stereocenters. The molecule has 0 N–H and O–H groups in total. The number of halogens is 2. The Morgan fingerprint density at radius 3 is 2.92 bits per heavy atom. The van der Waals surface area contributed by atoms with Gasteiger partial charge < -0.3 is 0 Å². The fraction of sp³-hybridized carbons (Fsp3) is 0.222. The Morgan fingerprint density at radius 1 is 1.38 bits per heavy atom. The van der Waals surface area contributed by atoms with Gasteiger partial charge in [-0.15, -0.1) is 11.3 Å². The van der Waals surface area contributed by atoms with Crippen LogP contribution in [0.4, 0.5) is 4.39 Å². The molecule has 0 unspecified atom stereocenters. The number of aryl methyl sites for hydroxylation is 2. The average molecular weight is 405 g/mol. The molecule has 0 spiro atoms. The van der Waals surface area contributed by atoms with Gasteiger partial charge in [-0.25, -0.2) is 9.37 Å². The van der Waals surface area contributed by atoms with Gasteiger partial charge in [0.25, 0.3) is 5.56 Å². The van der Waals surface area contributed by atoms with Crippen molar-refractivity contribution in [3.05, 3.63) is 60.7 Å². The Morgan fingerprint density at radius 2 is 2.17 bits per heavy atom. The quantitative estimate of drug-likeness (QED) is 0.576. The van der Waals surface area contributed by atoms with Crippen molar-refractivity contribution in [2.75, 3.05) is 0 Å². The third-order valence-corrected chi connectivity index (χ3v) is 6.17. The second-order valence-corrected chi connectivity index (χ2v) is 8.01. The zero-order chi connectivity index (χ0) is 17.0. The van der Waals surface area contributed by atoms with E-state index in [2.05, 4.69) is 15.9 Å². The Kier molecular flexibility index (Phi) is 3.69. The van der Waals surface area contributed by atoms with Crippen molar-refractivity contribution in [2.24, 2.45) is 0 Å². The lowest BCUT2D eigenvalue weighted by atomic mass is 10.1. The van der Waals surface area contributed by atoms with Crippen LogP contribution in [0.1, 0.15) is 28.2 Å². The second-order valence-electron chi connectivity index (χ2n) is 5.95. The minimum atomic E-state index is -0.287. The smallest absolute Gasteiger partial charge is 0.262 e. The van der Waals surface area contributed by atoms with Crippen LogP contribution in [0.2, 0.25) is 0 Å². The van der Waals surface area contributed by atoms with Crippen LogP contribution in [0, 0.1) is 19.7 Å². The molecule has 0 radical (unpaired) electrons. The van der Waals surface area contributed by atoms with E-state index in [-0.39, 0.29) is 11.4 Å². The number of thiophene rings is 1. The molecular formula is C18H14BrFN2OS. The molecular weight excluding hydrogens is 391 g/mol. The topological polar surface area (TPSA) is 34.9 Å². The first-order valence-electron chi connectivity index (χ1n) is 7.62. The standard InChI is InChI=1S/C18H14BrFN2OS/c1-9-10(2)24-17-15(9)18(23)22-6-5-12(16(22)21-17)7-11-3-4-14(20)13(19)8-11/h3-4,7-8H,5-6H2,1-2H3/b12-7-. The molecule has 1 aliphatic rings. The number of hydrogen-bond donors (Lipinski definition) is 0. The normalized spacial score (nSPS) is 15.4. The van der Waals surface area contributed by atoms with E-state index in [0.29, 0.717) is 11.0 Å². The molecule has 1 aliphatic heterocycles. The van der Waals surface area contributed by atoms with Crippen LogP contribution in [-0.4, -0.2) is 9.55 Å². The molecule has 0 bridgehead atoms. The molecule has 1 aromatic carbocycles. The number of rotatable bonds is 1. The zero-order valence-corrected chi connectivity index (χ0v) is 15.6. The van der Waals surface area contributed by atoms with Gasteiger partial charge in [-0.05, 0) is 71.1 Å². The van der Waals surface area contributed by atoms with Gasteiger partial charge in [-0.2, -0.15) is 0 Å². The molecule has 2 aromatic heterocycles. The lowest BCUT2D eigenvalue weighted by Gasteiger charge is -2.04. The summed E-state index contributed by atoms with van der Waals surface area (Å²) in [4.78, 5) is 19.5. The van der Waals surface area contributed by atoms with Gasteiger partial charge in [0, 0.05) is 11.4 Å². The molecule has 24 heavy (non-hydrogen) atoms. The molecule has 0 amide bonds. The predicted molar refractivity (Wildman–Crippen MR) is 99.9 cm³/mol. The first-order valence-corrected chi connectivity index (χ1v) is 9.23. The highest BCUT2D eigenvalue weighted by Crippen LogP contribution is 2.32. The summed E-state index contributed by atoms with van der Waals surface area (Å²) in [5.74, 6) is 0.443. The van der Waals surface area contributed by atoms with Crippen molar-refractivity contribution in [3.63, 3.8) is 0 Å². The van der Waals surface area contributed by atoms with E-state index in [4.69, 9.17) is 4.98 Å². The number of allylic oxidation sites excluding steroid dienone is 1. The summed E-state index contributed by atoms with van der Waals surface area (Å²) in [5.41, 5.74) is 2.97. The summed E-state index contributed by atoms with van der Waals surface area (Å²) >= 11 is 4.77. The van der Waals surface area contributed by atoms with E-state index in [1.54, 1.807) is 28.0 Å². The number of fused-ring (bicyclic) bond motifs is 2. The predicted octanol–water partition coefficient (Wildman–Crippen LogP) is 4.92. The number of benzene rings is 1. The van der Waals surface area contributed by atoms with E-state index in [0.717, 1.165) is 44.0 Å². The molecule has 4 rings (SSSR count). The van der Waals surface area contributed by atoms with Crippen LogP contribution in [0.5, 0.6) is 0 Å². The minimum absolute atomic E-state index is 0.0422. The maximum absolute atomic E-state index is 13.4. The van der Waals surface area contributed by atoms with Crippen LogP contribution < -0.4 is 5.56 Å². The van der Waals surface area contributed by atoms with E-state index in [1.807, 2.05) is 19.9 Å². The third-order valence-electron chi connectivity index (χ3n) is 4.47. The van der Waals surface area contributed by atoms with Gasteiger partial charge in [0.2, 0.25) is 0 Å². The largest absolute Gasteiger partial charge is 0.292 e. The highest BCUT2D eigenvalue weighted by molar-refractivity contribution is 9.10. The maximum atomic E-state index is 13.4. The third kappa shape index (κ3) is 2.36. The number of aromatic nitrogens is 2. The minimum Gasteiger partial charge on any atom is -0.292 e. The summed E-state index contributed by atoms with van der Waals surface area (Å²) in [5, 5.41) is 0.743. The van der Waals surface area contributed by atoms with Crippen LogP contribution in [0.15, 0.2) is 27.5 Å². The maximum Gasteiger partial charge on any atom is 0.262 e. The SMILES string of the molecule is Cc1sc2nc3n(c(=O)c2c1C)CC/C3=C/c1ccc(F)c(Br)c1. The van der Waals surface area contributed by atoms with Crippen molar-refractivity contribution in [1.29, 1.82) is 0 Å². The summed E-state index contributed by atoms with van der Waals surface area (Å²) in [6.45, 7) is 4.63. The number of hydrogen-bond acceptors (Lipinski definition) is 3. The molecule has 3 nitrogen and oxygen atoms in total. The van der Waals surface area contributed by atoms with Crippen molar-refractivity contribution in [2.45, 2.75) is 26.8 Å². The van der Waals surface area contributed by atoms with E-state index >= 15 is 0 Å². The summed E-state index contributed by atoms with van der Waals surface area (Å²) in [6, 6.07) is 4.90. The lowest BCUT2D eigenvalue weighted by Crippen LogP contribution is -2.20. The van der Waals surface area contributed by atoms with Crippen LogP contribution >= 0.6 is 27.3 Å². The first kappa shape index (κ1) is 15.7. The summed E-state index contributed by atoms with van der Waals surface area (Å²) in [6.07, 6.45) is 2.74. The zero-order valence-electron chi connectivity index (χ0n) is 13.2. The van der Waals surface area contributed by atoms with E-state index < -0.39 is 0 Å². The Hall–Kier alpha value is -1.79. The summed E-state index contributed by atoms with van der Waals surface area (Å²) in [7, 11) is 0. The van der Waals surface area contributed by atoms with Gasteiger partial charge in [0.1, 0.15) is 16.5 Å². The van der Waals surface area contributed by atoms with Crippen LogP contribution in [0.3, 0.4) is 0 Å². The fourth-order valence-electron chi connectivity index (χ4n) is 3.06. The Balaban J connectivity index is 1.90. The molecule has 3 heterocycles. The molecule has 0 saturated heterocycles. The Bertz CT molecular complexity index is 1080. The van der Waals surface area contributed by atoms with Crippen LogP contribution in [0.25, 0.3) is 21.9 Å². The van der Waals surface area contributed by atoms with Crippen molar-refractivity contribution in [3.8, 4) is 0 Å². The second kappa shape index (κ2) is 5.63. The summed E-state index contributed by atoms with van der Waals surface area (Å²) < 4.78 is 15.6. The van der Waals surface area contributed by atoms with Gasteiger partial charge in [-0.1, -0.05) is 6.07 Å². The Labute approximate surface area is 150 Å². The number of nitrogens with zero attached hydrogens (tertiary/aromatic N) is 2. The average Bonchev–Trinajstić information content (AvgIpc) is 3.06. The van der Waals surface area contributed by atoms with Crippen molar-refractivity contribution >= 4 is 49.1 Å². The molecule has 0 fully saturated rings. The van der Waals surface area contributed by atoms with Crippen molar-refractivity contribution < 1.29 is 4.39 Å². The van der Waals surface area contributed by atoms with E-state index in [1.165, 1.54) is 6.07 Å². The molecule has 0 aliphatic carbocycles. The van der Waals surface area contributed by atoms with E-state index in [9.17, 15) is 9.18 Å². The monoisotopic (exact) mass is 404 g/mol. The first-order chi connectivity index (χ1) is 11.5. The highest BCUT2D eigenvalue weighted by atomic mass is 79.9. The van der Waals surface area contributed by atoms with Gasteiger partial charge in [0.15, 0.2) is 0 Å². The van der Waals surface area contributed by atoms with Gasteiger partial charge in [0.05, 0.1) is 9.86 Å². The highest BCUT2D eigenvalue weighted by Gasteiger charge is 2.23. The lowest BCUT2D eigenvalue weighted by molar-refractivity contribution is 0.621.